The van der Waals surface area contributed by atoms with Crippen molar-refractivity contribution in [1.29, 1.82) is 0 Å². The third kappa shape index (κ3) is 7.47. The summed E-state index contributed by atoms with van der Waals surface area (Å²) in [5.74, 6) is -4.23. The van der Waals surface area contributed by atoms with Gasteiger partial charge < -0.3 is 37.2 Å². The predicted molar refractivity (Wildman–Crippen MR) is 109 cm³/mol. The predicted octanol–water partition coefficient (Wildman–Crippen LogP) is -2.34. The van der Waals surface area contributed by atoms with E-state index in [0.717, 1.165) is 0 Å². The number of amides is 4. The fraction of sp³-hybridized carbons (Fsp3) is 0.737. The maximum Gasteiger partial charge on any atom is 0.326 e. The second-order valence-corrected chi connectivity index (χ2v) is 7.75. The van der Waals surface area contributed by atoms with Gasteiger partial charge in [0.2, 0.25) is 23.6 Å². The molecule has 5 unspecified atom stereocenters. The molecule has 0 saturated carbocycles. The summed E-state index contributed by atoms with van der Waals surface area (Å²) in [4.78, 5) is 61.8. The number of primary amides is 1. The fourth-order valence-electron chi connectivity index (χ4n) is 3.35. The van der Waals surface area contributed by atoms with Gasteiger partial charge in [-0.05, 0) is 25.2 Å². The summed E-state index contributed by atoms with van der Waals surface area (Å²) in [5.41, 5.74) is 10.7. The Morgan fingerprint density at radius 1 is 1.19 bits per heavy atom. The van der Waals surface area contributed by atoms with Crippen molar-refractivity contribution in [3.63, 3.8) is 0 Å². The molecule has 1 aliphatic heterocycles. The van der Waals surface area contributed by atoms with E-state index in [1.807, 2.05) is 0 Å². The van der Waals surface area contributed by atoms with Gasteiger partial charge in [0.25, 0.3) is 0 Å². The van der Waals surface area contributed by atoms with Gasteiger partial charge >= 0.3 is 5.97 Å². The molecule has 1 aliphatic rings. The van der Waals surface area contributed by atoms with Crippen LogP contribution in [0.5, 0.6) is 0 Å². The minimum Gasteiger partial charge on any atom is -0.480 e. The Bertz CT molecular complexity index is 687. The monoisotopic (exact) mass is 443 g/mol. The number of carboxylic acid groups (broad SMARTS) is 1. The summed E-state index contributed by atoms with van der Waals surface area (Å²) in [6.07, 6.45) is 1.04. The number of rotatable bonds is 12. The molecule has 0 radical (unpaired) electrons. The number of carbonyl (C=O) groups excluding carboxylic acids is 4. The number of aliphatic hydroxyl groups excluding tert-OH is 1. The first-order valence-corrected chi connectivity index (χ1v) is 10.3. The number of hydrogen-bond acceptors (Lipinski definition) is 7. The number of carboxylic acids is 1. The molecule has 1 rings (SSSR count). The molecule has 0 aliphatic carbocycles. The van der Waals surface area contributed by atoms with Crippen molar-refractivity contribution in [2.75, 3.05) is 13.2 Å². The van der Waals surface area contributed by atoms with Gasteiger partial charge in [0.05, 0.1) is 6.61 Å². The molecule has 1 saturated heterocycles. The van der Waals surface area contributed by atoms with Crippen molar-refractivity contribution in [1.82, 2.24) is 15.5 Å². The molecule has 5 atom stereocenters. The third-order valence-electron chi connectivity index (χ3n) is 5.44. The average molecular weight is 444 g/mol. The van der Waals surface area contributed by atoms with Crippen LogP contribution < -0.4 is 22.1 Å². The zero-order valence-electron chi connectivity index (χ0n) is 17.9. The number of likely N-dealkylation sites (tertiary alicyclic amines) is 1. The first-order chi connectivity index (χ1) is 14.5. The van der Waals surface area contributed by atoms with Crippen LogP contribution in [0.15, 0.2) is 0 Å². The zero-order chi connectivity index (χ0) is 23.7. The molecule has 12 nitrogen and oxygen atoms in total. The summed E-state index contributed by atoms with van der Waals surface area (Å²) in [6.45, 7) is 3.15. The topological polar surface area (TPSA) is 205 Å². The van der Waals surface area contributed by atoms with Crippen LogP contribution in [0.4, 0.5) is 0 Å². The summed E-state index contributed by atoms with van der Waals surface area (Å²) >= 11 is 0. The summed E-state index contributed by atoms with van der Waals surface area (Å²) in [7, 11) is 0. The number of hydrogen-bond donors (Lipinski definition) is 6. The van der Waals surface area contributed by atoms with Gasteiger partial charge in [-0.25, -0.2) is 4.79 Å². The number of carbonyl (C=O) groups is 5. The highest BCUT2D eigenvalue weighted by Crippen LogP contribution is 2.19. The Hall–Kier alpha value is -2.73. The molecule has 0 spiro atoms. The summed E-state index contributed by atoms with van der Waals surface area (Å²) < 4.78 is 0. The van der Waals surface area contributed by atoms with Gasteiger partial charge in [-0.1, -0.05) is 20.3 Å². The molecule has 176 valence electrons. The van der Waals surface area contributed by atoms with Gasteiger partial charge in [0.1, 0.15) is 24.2 Å². The van der Waals surface area contributed by atoms with Crippen LogP contribution >= 0.6 is 0 Å². The lowest BCUT2D eigenvalue weighted by Gasteiger charge is -2.28. The van der Waals surface area contributed by atoms with E-state index in [1.165, 1.54) is 4.90 Å². The third-order valence-corrected chi connectivity index (χ3v) is 5.44. The van der Waals surface area contributed by atoms with Crippen molar-refractivity contribution in [2.45, 2.75) is 70.1 Å². The second kappa shape index (κ2) is 12.2. The number of nitrogens with zero attached hydrogens (tertiary/aromatic N) is 1. The van der Waals surface area contributed by atoms with Crippen LogP contribution in [-0.2, 0) is 24.0 Å². The van der Waals surface area contributed by atoms with Crippen LogP contribution in [0.3, 0.4) is 0 Å². The molecule has 4 amide bonds. The van der Waals surface area contributed by atoms with Crippen LogP contribution in [0.2, 0.25) is 0 Å². The lowest BCUT2D eigenvalue weighted by molar-refractivity contribution is -0.144. The van der Waals surface area contributed by atoms with E-state index in [4.69, 9.17) is 16.6 Å². The van der Waals surface area contributed by atoms with Crippen molar-refractivity contribution in [3.8, 4) is 0 Å². The molecule has 0 bridgehead atoms. The molecule has 0 aromatic carbocycles. The van der Waals surface area contributed by atoms with E-state index in [2.05, 4.69) is 10.6 Å². The molecule has 1 fully saturated rings. The second-order valence-electron chi connectivity index (χ2n) is 7.75. The quantitative estimate of drug-likeness (QED) is 0.192. The fourth-order valence-corrected chi connectivity index (χ4v) is 3.35. The Morgan fingerprint density at radius 2 is 1.84 bits per heavy atom. The van der Waals surface area contributed by atoms with E-state index in [0.29, 0.717) is 19.3 Å². The first-order valence-electron chi connectivity index (χ1n) is 10.3. The highest BCUT2D eigenvalue weighted by molar-refractivity contribution is 5.94. The standard InChI is InChI=1S/C19H33N5O7/c1-3-10(2)15(19(30)31)23-16(27)12(6-7-14(21)26)22-17(28)13-5-4-8-24(13)18(29)11(20)9-25/h10-13,15,25H,3-9,20H2,1-2H3,(H2,21,26)(H,22,28)(H,23,27)(H,30,31). The average Bonchev–Trinajstić information content (AvgIpc) is 3.22. The smallest absolute Gasteiger partial charge is 0.326 e. The number of aliphatic carboxylic acids is 1. The Balaban J connectivity index is 2.96. The molecule has 0 aromatic heterocycles. The van der Waals surface area contributed by atoms with Gasteiger partial charge in [0, 0.05) is 13.0 Å². The van der Waals surface area contributed by atoms with Crippen LogP contribution in [0, 0.1) is 5.92 Å². The van der Waals surface area contributed by atoms with Crippen LogP contribution in [0.25, 0.3) is 0 Å². The first kappa shape index (κ1) is 26.3. The van der Waals surface area contributed by atoms with Crippen molar-refractivity contribution >= 4 is 29.6 Å². The van der Waals surface area contributed by atoms with E-state index in [-0.39, 0.29) is 25.3 Å². The summed E-state index contributed by atoms with van der Waals surface area (Å²) in [5, 5.41) is 23.4. The molecule has 8 N–H and O–H groups in total. The van der Waals surface area contributed by atoms with Gasteiger partial charge in [0.15, 0.2) is 0 Å². The molecular weight excluding hydrogens is 410 g/mol. The van der Waals surface area contributed by atoms with E-state index < -0.39 is 60.4 Å². The van der Waals surface area contributed by atoms with Crippen molar-refractivity contribution in [2.24, 2.45) is 17.4 Å². The summed E-state index contributed by atoms with van der Waals surface area (Å²) in [6, 6.07) is -4.43. The van der Waals surface area contributed by atoms with Gasteiger partial charge in [-0.2, -0.15) is 0 Å². The van der Waals surface area contributed by atoms with Crippen LogP contribution in [-0.4, -0.2) is 82.0 Å². The number of nitrogens with two attached hydrogens (primary N) is 2. The lowest BCUT2D eigenvalue weighted by Crippen LogP contribution is -2.57. The van der Waals surface area contributed by atoms with Crippen molar-refractivity contribution < 1.29 is 34.2 Å². The zero-order valence-corrected chi connectivity index (χ0v) is 17.9. The lowest BCUT2D eigenvalue weighted by atomic mass is 9.98. The molecule has 12 heteroatoms. The highest BCUT2D eigenvalue weighted by atomic mass is 16.4. The van der Waals surface area contributed by atoms with E-state index in [9.17, 15) is 29.1 Å². The normalized spacial score (nSPS) is 19.7. The highest BCUT2D eigenvalue weighted by Gasteiger charge is 2.38. The molecule has 1 heterocycles. The Labute approximate surface area is 180 Å². The Morgan fingerprint density at radius 3 is 2.35 bits per heavy atom. The maximum absolute atomic E-state index is 12.8. The van der Waals surface area contributed by atoms with E-state index in [1.54, 1.807) is 13.8 Å². The van der Waals surface area contributed by atoms with Crippen molar-refractivity contribution in [3.05, 3.63) is 0 Å². The molecule has 31 heavy (non-hydrogen) atoms. The SMILES string of the molecule is CCC(C)C(NC(=O)C(CCC(N)=O)NC(=O)C1CCCN1C(=O)C(N)CO)C(=O)O. The number of nitrogens with one attached hydrogen (secondary N) is 2. The van der Waals surface area contributed by atoms with Gasteiger partial charge in [-0.3, -0.25) is 19.2 Å². The van der Waals surface area contributed by atoms with E-state index >= 15 is 0 Å². The minimum absolute atomic E-state index is 0.128. The van der Waals surface area contributed by atoms with Gasteiger partial charge in [-0.15, -0.1) is 0 Å². The minimum atomic E-state index is -1.21. The Kier molecular flexibility index (Phi) is 10.4. The maximum atomic E-state index is 12.8. The van der Waals surface area contributed by atoms with Crippen LogP contribution in [0.1, 0.15) is 46.0 Å². The molecular formula is C19H33N5O7. The molecule has 0 aromatic rings. The number of aliphatic hydroxyl groups is 1. The largest absolute Gasteiger partial charge is 0.480 e.